The van der Waals surface area contributed by atoms with Crippen molar-refractivity contribution in [3.05, 3.63) is 6.42 Å². The SMILES string of the molecule is [CH]1CCCC1. The van der Waals surface area contributed by atoms with Crippen molar-refractivity contribution in [1.29, 1.82) is 0 Å². The maximum atomic E-state index is 2.36. The van der Waals surface area contributed by atoms with Crippen molar-refractivity contribution in [2.45, 2.75) is 25.7 Å². The normalized spacial score (nSPS) is 24.0. The molecule has 0 spiro atoms. The summed E-state index contributed by atoms with van der Waals surface area (Å²) < 4.78 is 0. The van der Waals surface area contributed by atoms with Crippen LogP contribution in [0.4, 0.5) is 0 Å². The van der Waals surface area contributed by atoms with Crippen molar-refractivity contribution in [2.75, 3.05) is 0 Å². The molecule has 0 atom stereocenters. The highest BCUT2D eigenvalue weighted by Crippen LogP contribution is 2.13. The predicted octanol–water partition coefficient (Wildman–Crippen LogP) is 1.76. The predicted molar refractivity (Wildman–Crippen MR) is 22.8 cm³/mol. The second-order valence-electron chi connectivity index (χ2n) is 1.57. The van der Waals surface area contributed by atoms with E-state index in [0.717, 1.165) is 0 Å². The molecule has 0 amide bonds. The maximum Gasteiger partial charge on any atom is -0.0386 e. The van der Waals surface area contributed by atoms with E-state index in [0.29, 0.717) is 0 Å². The van der Waals surface area contributed by atoms with Gasteiger partial charge in [0.15, 0.2) is 0 Å². The van der Waals surface area contributed by atoms with Crippen molar-refractivity contribution >= 4 is 0 Å². The van der Waals surface area contributed by atoms with Gasteiger partial charge in [0.05, 0.1) is 0 Å². The highest BCUT2D eigenvalue weighted by atomic mass is 14.0. The van der Waals surface area contributed by atoms with Gasteiger partial charge in [-0.15, -0.1) is 0 Å². The first-order chi connectivity index (χ1) is 2.50. The van der Waals surface area contributed by atoms with Gasteiger partial charge in [0.1, 0.15) is 0 Å². The first-order valence-electron chi connectivity index (χ1n) is 2.32. The molecule has 0 saturated heterocycles. The lowest BCUT2D eigenvalue weighted by atomic mass is 10.4. The summed E-state index contributed by atoms with van der Waals surface area (Å²) in [6.07, 6.45) is 8.00. The molecular weight excluding hydrogens is 60.1 g/mol. The molecular formula is C5H9. The Balaban J connectivity index is 2.08. The lowest BCUT2D eigenvalue weighted by Gasteiger charge is -1.67. The molecule has 1 rings (SSSR count). The van der Waals surface area contributed by atoms with Crippen LogP contribution in [0.2, 0.25) is 0 Å². The summed E-state index contributed by atoms with van der Waals surface area (Å²) in [5.41, 5.74) is 0. The standard InChI is InChI=1S/C5H9/c1-2-4-5-3-1/h1H,2-5H2. The van der Waals surface area contributed by atoms with Crippen molar-refractivity contribution in [3.8, 4) is 0 Å². The Morgan fingerprint density at radius 2 is 1.60 bits per heavy atom. The van der Waals surface area contributed by atoms with Crippen molar-refractivity contribution in [1.82, 2.24) is 0 Å². The van der Waals surface area contributed by atoms with Gasteiger partial charge in [0, 0.05) is 0 Å². The highest BCUT2D eigenvalue weighted by molar-refractivity contribution is 4.71. The van der Waals surface area contributed by atoms with Crippen molar-refractivity contribution in [2.24, 2.45) is 0 Å². The molecule has 0 aliphatic heterocycles. The molecule has 0 heterocycles. The summed E-state index contributed by atoms with van der Waals surface area (Å²) in [4.78, 5) is 0. The third-order valence-corrected chi connectivity index (χ3v) is 1.07. The van der Waals surface area contributed by atoms with Crippen LogP contribution in [0, 0.1) is 6.42 Å². The van der Waals surface area contributed by atoms with Gasteiger partial charge in [-0.25, -0.2) is 0 Å². The molecule has 1 aliphatic rings. The zero-order valence-electron chi connectivity index (χ0n) is 3.41. The minimum atomic E-state index is 1.38. The van der Waals surface area contributed by atoms with E-state index in [2.05, 4.69) is 6.42 Å². The van der Waals surface area contributed by atoms with E-state index in [9.17, 15) is 0 Å². The van der Waals surface area contributed by atoms with E-state index in [4.69, 9.17) is 0 Å². The molecule has 1 radical (unpaired) electrons. The lowest BCUT2D eigenvalue weighted by molar-refractivity contribution is 0.886. The fraction of sp³-hybridized carbons (Fsp3) is 0.800. The molecule has 0 aromatic rings. The molecule has 5 heavy (non-hydrogen) atoms. The van der Waals surface area contributed by atoms with Crippen LogP contribution in [0.5, 0.6) is 0 Å². The maximum absolute atomic E-state index is 2.36. The third-order valence-electron chi connectivity index (χ3n) is 1.07. The first kappa shape index (κ1) is 3.20. The van der Waals surface area contributed by atoms with Crippen LogP contribution < -0.4 is 0 Å². The van der Waals surface area contributed by atoms with E-state index in [1.807, 2.05) is 0 Å². The van der Waals surface area contributed by atoms with Gasteiger partial charge in [0.2, 0.25) is 0 Å². The summed E-state index contributed by atoms with van der Waals surface area (Å²) in [7, 11) is 0. The highest BCUT2D eigenvalue weighted by Gasteiger charge is 1.95. The van der Waals surface area contributed by atoms with Crippen LogP contribution in [-0.2, 0) is 0 Å². The second kappa shape index (κ2) is 1.44. The molecule has 1 fully saturated rings. The van der Waals surface area contributed by atoms with Crippen LogP contribution in [0.1, 0.15) is 25.7 Å². The molecule has 0 nitrogen and oxygen atoms in total. The fourth-order valence-corrected chi connectivity index (χ4v) is 0.722. The topological polar surface area (TPSA) is 0 Å². The molecule has 0 N–H and O–H groups in total. The molecule has 0 aromatic heterocycles. The van der Waals surface area contributed by atoms with Crippen molar-refractivity contribution in [3.63, 3.8) is 0 Å². The molecule has 0 heteroatoms. The van der Waals surface area contributed by atoms with E-state index in [1.54, 1.807) is 0 Å². The Bertz CT molecular complexity index is 11.6. The molecule has 0 bridgehead atoms. The summed E-state index contributed by atoms with van der Waals surface area (Å²) in [6.45, 7) is 0. The van der Waals surface area contributed by atoms with E-state index < -0.39 is 0 Å². The fourth-order valence-electron chi connectivity index (χ4n) is 0.722. The van der Waals surface area contributed by atoms with Gasteiger partial charge in [-0.2, -0.15) is 0 Å². The van der Waals surface area contributed by atoms with Crippen molar-refractivity contribution < 1.29 is 0 Å². The molecule has 1 aliphatic carbocycles. The van der Waals surface area contributed by atoms with Gasteiger partial charge in [0.25, 0.3) is 0 Å². The van der Waals surface area contributed by atoms with Crippen LogP contribution in [0.3, 0.4) is 0 Å². The van der Waals surface area contributed by atoms with Crippen LogP contribution in [-0.4, -0.2) is 0 Å². The van der Waals surface area contributed by atoms with E-state index >= 15 is 0 Å². The Labute approximate surface area is 33.2 Å². The lowest BCUT2D eigenvalue weighted by Crippen LogP contribution is -1.50. The zero-order valence-corrected chi connectivity index (χ0v) is 3.41. The average Bonchev–Trinajstić information content (AvgIpc) is 1.76. The van der Waals surface area contributed by atoms with E-state index in [1.165, 1.54) is 25.7 Å². The monoisotopic (exact) mass is 69.1 g/mol. The zero-order chi connectivity index (χ0) is 3.54. The van der Waals surface area contributed by atoms with Gasteiger partial charge >= 0.3 is 0 Å². The Morgan fingerprint density at radius 3 is 1.80 bits per heavy atom. The smallest absolute Gasteiger partial charge is 0.0386 e. The van der Waals surface area contributed by atoms with Crippen LogP contribution >= 0.6 is 0 Å². The average molecular weight is 69.1 g/mol. The van der Waals surface area contributed by atoms with Gasteiger partial charge in [-0.3, -0.25) is 0 Å². The number of hydrogen-bond donors (Lipinski definition) is 0. The molecule has 1 saturated carbocycles. The number of hydrogen-bond acceptors (Lipinski definition) is 0. The van der Waals surface area contributed by atoms with Gasteiger partial charge < -0.3 is 0 Å². The Hall–Kier alpha value is 0. The summed E-state index contributed by atoms with van der Waals surface area (Å²) >= 11 is 0. The van der Waals surface area contributed by atoms with Crippen LogP contribution in [0.15, 0.2) is 0 Å². The number of rotatable bonds is 0. The third kappa shape index (κ3) is 0.640. The van der Waals surface area contributed by atoms with Crippen LogP contribution in [0.25, 0.3) is 0 Å². The Morgan fingerprint density at radius 1 is 1.00 bits per heavy atom. The summed E-state index contributed by atoms with van der Waals surface area (Å²) in [5, 5.41) is 0. The van der Waals surface area contributed by atoms with Gasteiger partial charge in [-0.05, 0) is 6.42 Å². The second-order valence-corrected chi connectivity index (χ2v) is 1.57. The van der Waals surface area contributed by atoms with E-state index in [-0.39, 0.29) is 0 Å². The summed E-state index contributed by atoms with van der Waals surface area (Å²) in [6, 6.07) is 0. The molecule has 29 valence electrons. The Kier molecular flexibility index (Phi) is 0.922. The summed E-state index contributed by atoms with van der Waals surface area (Å²) in [5.74, 6) is 0. The largest absolute Gasteiger partial charge is 0.0530 e. The molecule has 0 aromatic carbocycles. The first-order valence-corrected chi connectivity index (χ1v) is 2.32. The quantitative estimate of drug-likeness (QED) is 0.406. The minimum absolute atomic E-state index is 1.38. The molecule has 0 unspecified atom stereocenters. The minimum Gasteiger partial charge on any atom is -0.0530 e. The van der Waals surface area contributed by atoms with Gasteiger partial charge in [-0.1, -0.05) is 25.7 Å².